The van der Waals surface area contributed by atoms with E-state index in [0.717, 1.165) is 11.3 Å². The summed E-state index contributed by atoms with van der Waals surface area (Å²) in [6, 6.07) is 7.94. The standard InChI is InChI=1S/C15H17FN2OS/c1-10(2)13-8-14(19)18(3)15(17-13)20-9-11-4-6-12(16)7-5-11/h4-8,10H,9H2,1-3H3. The predicted octanol–water partition coefficient (Wildman–Crippen LogP) is 3.34. The summed E-state index contributed by atoms with van der Waals surface area (Å²) in [5.41, 5.74) is 1.75. The van der Waals surface area contributed by atoms with E-state index in [-0.39, 0.29) is 17.3 Å². The summed E-state index contributed by atoms with van der Waals surface area (Å²) in [5, 5.41) is 0.686. The lowest BCUT2D eigenvalue weighted by Gasteiger charge is -2.10. The second-order valence-corrected chi connectivity index (χ2v) is 5.87. The number of aromatic nitrogens is 2. The van der Waals surface area contributed by atoms with Crippen molar-refractivity contribution in [1.29, 1.82) is 0 Å². The molecule has 1 aromatic carbocycles. The van der Waals surface area contributed by atoms with Crippen LogP contribution in [-0.2, 0) is 12.8 Å². The molecule has 20 heavy (non-hydrogen) atoms. The van der Waals surface area contributed by atoms with E-state index in [4.69, 9.17) is 0 Å². The molecular weight excluding hydrogens is 275 g/mol. The maximum Gasteiger partial charge on any atom is 0.254 e. The van der Waals surface area contributed by atoms with Crippen LogP contribution in [0.25, 0.3) is 0 Å². The van der Waals surface area contributed by atoms with Gasteiger partial charge >= 0.3 is 0 Å². The molecule has 0 radical (unpaired) electrons. The first kappa shape index (κ1) is 14.8. The third kappa shape index (κ3) is 3.48. The first-order chi connectivity index (χ1) is 9.47. The smallest absolute Gasteiger partial charge is 0.254 e. The van der Waals surface area contributed by atoms with Gasteiger partial charge in [0.15, 0.2) is 5.16 Å². The van der Waals surface area contributed by atoms with Gasteiger partial charge in [-0.2, -0.15) is 0 Å². The molecule has 0 fully saturated rings. The molecule has 0 amide bonds. The van der Waals surface area contributed by atoms with Gasteiger partial charge in [-0.15, -0.1) is 0 Å². The van der Waals surface area contributed by atoms with Crippen LogP contribution in [0.5, 0.6) is 0 Å². The van der Waals surface area contributed by atoms with E-state index in [2.05, 4.69) is 4.98 Å². The van der Waals surface area contributed by atoms with Crippen molar-refractivity contribution in [3.05, 3.63) is 57.8 Å². The fraction of sp³-hybridized carbons (Fsp3) is 0.333. The molecule has 0 aliphatic rings. The average molecular weight is 292 g/mol. The fourth-order valence-corrected chi connectivity index (χ4v) is 2.63. The lowest BCUT2D eigenvalue weighted by atomic mass is 10.1. The Morgan fingerprint density at radius 1 is 1.30 bits per heavy atom. The van der Waals surface area contributed by atoms with Gasteiger partial charge in [-0.05, 0) is 23.6 Å². The van der Waals surface area contributed by atoms with E-state index in [0.29, 0.717) is 10.9 Å². The first-order valence-corrected chi connectivity index (χ1v) is 7.41. The number of benzene rings is 1. The maximum absolute atomic E-state index is 12.8. The quantitative estimate of drug-likeness (QED) is 0.640. The van der Waals surface area contributed by atoms with Crippen LogP contribution in [0.1, 0.15) is 31.0 Å². The van der Waals surface area contributed by atoms with Gasteiger partial charge in [0.05, 0.1) is 5.69 Å². The van der Waals surface area contributed by atoms with E-state index >= 15 is 0 Å². The van der Waals surface area contributed by atoms with Crippen molar-refractivity contribution in [3.8, 4) is 0 Å². The number of thioether (sulfide) groups is 1. The molecule has 0 aliphatic heterocycles. The zero-order valence-electron chi connectivity index (χ0n) is 11.8. The van der Waals surface area contributed by atoms with Gasteiger partial charge in [-0.1, -0.05) is 37.7 Å². The highest BCUT2D eigenvalue weighted by atomic mass is 32.2. The number of hydrogen-bond acceptors (Lipinski definition) is 3. The zero-order chi connectivity index (χ0) is 14.7. The van der Waals surface area contributed by atoms with Gasteiger partial charge in [0.2, 0.25) is 0 Å². The highest BCUT2D eigenvalue weighted by Gasteiger charge is 2.09. The van der Waals surface area contributed by atoms with E-state index < -0.39 is 0 Å². The SMILES string of the molecule is CC(C)c1cc(=O)n(C)c(SCc2ccc(F)cc2)n1. The molecule has 2 aromatic rings. The predicted molar refractivity (Wildman–Crippen MR) is 79.5 cm³/mol. The van der Waals surface area contributed by atoms with Gasteiger partial charge in [-0.3, -0.25) is 9.36 Å². The minimum absolute atomic E-state index is 0.0506. The van der Waals surface area contributed by atoms with Crippen LogP contribution in [0.15, 0.2) is 40.3 Å². The second kappa shape index (κ2) is 6.22. The molecular formula is C15H17FN2OS. The van der Waals surface area contributed by atoms with Crippen molar-refractivity contribution in [1.82, 2.24) is 9.55 Å². The van der Waals surface area contributed by atoms with Crippen molar-refractivity contribution < 1.29 is 4.39 Å². The Bertz CT molecular complexity index is 650. The molecule has 1 heterocycles. The molecule has 0 bridgehead atoms. The van der Waals surface area contributed by atoms with Crippen LogP contribution in [0.3, 0.4) is 0 Å². The first-order valence-electron chi connectivity index (χ1n) is 6.42. The van der Waals surface area contributed by atoms with Crippen LogP contribution >= 0.6 is 11.8 Å². The largest absolute Gasteiger partial charge is 0.291 e. The maximum atomic E-state index is 12.8. The van der Waals surface area contributed by atoms with Crippen molar-refractivity contribution in [2.45, 2.75) is 30.7 Å². The minimum Gasteiger partial charge on any atom is -0.291 e. The molecule has 0 saturated carbocycles. The molecule has 5 heteroatoms. The van der Waals surface area contributed by atoms with E-state index in [1.54, 1.807) is 29.8 Å². The molecule has 106 valence electrons. The third-order valence-corrected chi connectivity index (χ3v) is 4.09. The topological polar surface area (TPSA) is 34.9 Å². The summed E-state index contributed by atoms with van der Waals surface area (Å²) < 4.78 is 14.4. The summed E-state index contributed by atoms with van der Waals surface area (Å²) in [5.74, 6) is 0.627. The molecule has 0 spiro atoms. The fourth-order valence-electron chi connectivity index (χ4n) is 1.69. The van der Waals surface area contributed by atoms with E-state index in [1.165, 1.54) is 23.9 Å². The molecule has 0 N–H and O–H groups in total. The molecule has 1 aromatic heterocycles. The van der Waals surface area contributed by atoms with Crippen LogP contribution in [0.4, 0.5) is 4.39 Å². The Balaban J connectivity index is 2.20. The van der Waals surface area contributed by atoms with Gasteiger partial charge in [0.1, 0.15) is 5.82 Å². The highest BCUT2D eigenvalue weighted by Crippen LogP contribution is 2.21. The Kier molecular flexibility index (Phi) is 4.60. The molecule has 2 rings (SSSR count). The lowest BCUT2D eigenvalue weighted by Crippen LogP contribution is -2.20. The monoisotopic (exact) mass is 292 g/mol. The Hall–Kier alpha value is -1.62. The number of rotatable bonds is 4. The number of nitrogens with zero attached hydrogens (tertiary/aromatic N) is 2. The van der Waals surface area contributed by atoms with Crippen LogP contribution < -0.4 is 5.56 Å². The molecule has 0 unspecified atom stereocenters. The van der Waals surface area contributed by atoms with Crippen molar-refractivity contribution in [2.75, 3.05) is 0 Å². The molecule has 3 nitrogen and oxygen atoms in total. The normalized spacial score (nSPS) is 11.1. The van der Waals surface area contributed by atoms with E-state index in [1.807, 2.05) is 13.8 Å². The van der Waals surface area contributed by atoms with E-state index in [9.17, 15) is 9.18 Å². The second-order valence-electron chi connectivity index (χ2n) is 4.93. The summed E-state index contributed by atoms with van der Waals surface area (Å²) >= 11 is 1.48. The van der Waals surface area contributed by atoms with Gasteiger partial charge in [-0.25, -0.2) is 9.37 Å². The number of halogens is 1. The molecule has 0 atom stereocenters. The van der Waals surface area contributed by atoms with Crippen molar-refractivity contribution in [2.24, 2.45) is 7.05 Å². The van der Waals surface area contributed by atoms with Crippen molar-refractivity contribution in [3.63, 3.8) is 0 Å². The van der Waals surface area contributed by atoms with Crippen LogP contribution in [0, 0.1) is 5.82 Å². The molecule has 0 aliphatic carbocycles. The highest BCUT2D eigenvalue weighted by molar-refractivity contribution is 7.98. The van der Waals surface area contributed by atoms with Crippen LogP contribution in [-0.4, -0.2) is 9.55 Å². The van der Waals surface area contributed by atoms with Gasteiger partial charge in [0, 0.05) is 18.9 Å². The van der Waals surface area contributed by atoms with Gasteiger partial charge in [0.25, 0.3) is 5.56 Å². The summed E-state index contributed by atoms with van der Waals surface area (Å²) in [4.78, 5) is 16.4. The average Bonchev–Trinajstić information content (AvgIpc) is 2.42. The summed E-state index contributed by atoms with van der Waals surface area (Å²) in [6.07, 6.45) is 0. The van der Waals surface area contributed by atoms with Crippen LogP contribution in [0.2, 0.25) is 0 Å². The number of hydrogen-bond donors (Lipinski definition) is 0. The Morgan fingerprint density at radius 3 is 2.55 bits per heavy atom. The molecule has 0 saturated heterocycles. The third-order valence-electron chi connectivity index (χ3n) is 2.99. The Morgan fingerprint density at radius 2 is 1.95 bits per heavy atom. The zero-order valence-corrected chi connectivity index (χ0v) is 12.6. The lowest BCUT2D eigenvalue weighted by molar-refractivity contribution is 0.627. The summed E-state index contributed by atoms with van der Waals surface area (Å²) in [6.45, 7) is 4.02. The Labute approximate surface area is 121 Å². The van der Waals surface area contributed by atoms with Gasteiger partial charge < -0.3 is 0 Å². The van der Waals surface area contributed by atoms with Crippen molar-refractivity contribution >= 4 is 11.8 Å². The summed E-state index contributed by atoms with van der Waals surface area (Å²) in [7, 11) is 1.71. The minimum atomic E-state index is -0.244.